The van der Waals surface area contributed by atoms with Crippen molar-refractivity contribution in [2.75, 3.05) is 24.3 Å². The number of hydrogen-bond donors (Lipinski definition) is 2. The first kappa shape index (κ1) is 26.8. The SMILES string of the molecule is COc1ccc(-c2ccc(=O)n(CCCC(=O)Nc3ccc(S(=O)(=O)Nc4nccs4)cc3)n2)cc1OC. The second-order valence-electron chi connectivity index (χ2n) is 7.97. The molecule has 0 aliphatic rings. The fraction of sp³-hybridized carbons (Fsp3) is 0.200. The summed E-state index contributed by atoms with van der Waals surface area (Å²) < 4.78 is 39.2. The van der Waals surface area contributed by atoms with Crippen LogP contribution in [0, 0.1) is 0 Å². The number of anilines is 2. The van der Waals surface area contributed by atoms with Gasteiger partial charge in [-0.05, 0) is 55.0 Å². The molecule has 0 aliphatic heterocycles. The Kier molecular flexibility index (Phi) is 8.38. The molecule has 4 rings (SSSR count). The lowest BCUT2D eigenvalue weighted by atomic mass is 10.1. The van der Waals surface area contributed by atoms with Crippen molar-refractivity contribution in [1.29, 1.82) is 0 Å². The number of rotatable bonds is 11. The van der Waals surface area contributed by atoms with Gasteiger partial charge in [-0.1, -0.05) is 0 Å². The first-order valence-electron chi connectivity index (χ1n) is 11.4. The number of sulfonamides is 1. The van der Waals surface area contributed by atoms with Crippen molar-refractivity contribution in [3.8, 4) is 22.8 Å². The Balaban J connectivity index is 1.33. The Morgan fingerprint density at radius 1 is 1.03 bits per heavy atom. The van der Waals surface area contributed by atoms with Crippen molar-refractivity contribution >= 4 is 38.1 Å². The molecule has 0 aliphatic carbocycles. The van der Waals surface area contributed by atoms with Gasteiger partial charge < -0.3 is 14.8 Å². The molecule has 0 unspecified atom stereocenters. The lowest BCUT2D eigenvalue weighted by Crippen LogP contribution is -2.23. The van der Waals surface area contributed by atoms with Crippen LogP contribution in [-0.4, -0.2) is 43.3 Å². The monoisotopic (exact) mass is 555 g/mol. The predicted octanol–water partition coefficient (Wildman–Crippen LogP) is 3.60. The zero-order chi connectivity index (χ0) is 27.1. The van der Waals surface area contributed by atoms with E-state index in [1.165, 1.54) is 52.5 Å². The number of nitrogens with zero attached hydrogens (tertiary/aromatic N) is 3. The van der Waals surface area contributed by atoms with Gasteiger partial charge in [0.15, 0.2) is 16.6 Å². The van der Waals surface area contributed by atoms with Crippen molar-refractivity contribution < 1.29 is 22.7 Å². The van der Waals surface area contributed by atoms with Crippen molar-refractivity contribution in [3.05, 3.63) is 76.5 Å². The van der Waals surface area contributed by atoms with Gasteiger partial charge in [-0.25, -0.2) is 18.1 Å². The molecule has 0 saturated heterocycles. The molecule has 0 radical (unpaired) electrons. The molecule has 0 saturated carbocycles. The van der Waals surface area contributed by atoms with Crippen LogP contribution < -0.4 is 25.1 Å². The van der Waals surface area contributed by atoms with Crippen LogP contribution in [0.1, 0.15) is 12.8 Å². The summed E-state index contributed by atoms with van der Waals surface area (Å²) in [6.45, 7) is 0.243. The highest BCUT2D eigenvalue weighted by atomic mass is 32.2. The summed E-state index contributed by atoms with van der Waals surface area (Å²) in [5.41, 5.74) is 1.50. The summed E-state index contributed by atoms with van der Waals surface area (Å²) in [4.78, 5) is 28.7. The van der Waals surface area contributed by atoms with Gasteiger partial charge in [0, 0.05) is 41.9 Å². The molecule has 0 fully saturated rings. The van der Waals surface area contributed by atoms with Gasteiger partial charge in [0.1, 0.15) is 0 Å². The van der Waals surface area contributed by atoms with Gasteiger partial charge in [-0.15, -0.1) is 11.3 Å². The van der Waals surface area contributed by atoms with Crippen molar-refractivity contribution in [3.63, 3.8) is 0 Å². The number of carbonyl (C=O) groups is 1. The van der Waals surface area contributed by atoms with E-state index in [4.69, 9.17) is 9.47 Å². The molecule has 2 aromatic carbocycles. The summed E-state index contributed by atoms with van der Waals surface area (Å²) >= 11 is 1.17. The number of thiazole rings is 1. The van der Waals surface area contributed by atoms with Gasteiger partial charge in [-0.3, -0.25) is 14.3 Å². The molecule has 2 heterocycles. The van der Waals surface area contributed by atoms with Crippen molar-refractivity contribution in [1.82, 2.24) is 14.8 Å². The first-order chi connectivity index (χ1) is 18.3. The van der Waals surface area contributed by atoms with E-state index < -0.39 is 10.0 Å². The Morgan fingerprint density at radius 3 is 2.47 bits per heavy atom. The number of amides is 1. The van der Waals surface area contributed by atoms with Crippen molar-refractivity contribution in [2.24, 2.45) is 0 Å². The highest BCUT2D eigenvalue weighted by molar-refractivity contribution is 7.93. The van der Waals surface area contributed by atoms with E-state index in [-0.39, 0.29) is 34.5 Å². The van der Waals surface area contributed by atoms with Gasteiger partial charge in [-0.2, -0.15) is 5.10 Å². The zero-order valence-corrected chi connectivity index (χ0v) is 22.2. The predicted molar refractivity (Wildman–Crippen MR) is 144 cm³/mol. The highest BCUT2D eigenvalue weighted by Gasteiger charge is 2.16. The van der Waals surface area contributed by atoms with Gasteiger partial charge in [0.25, 0.3) is 15.6 Å². The fourth-order valence-corrected chi connectivity index (χ4v) is 5.33. The number of nitrogens with one attached hydrogen (secondary N) is 2. The van der Waals surface area contributed by atoms with E-state index in [1.54, 1.807) is 37.8 Å². The number of hydrogen-bond acceptors (Lipinski definition) is 9. The van der Waals surface area contributed by atoms with Gasteiger partial charge in [0.05, 0.1) is 24.8 Å². The van der Waals surface area contributed by atoms with E-state index >= 15 is 0 Å². The Labute approximate surface area is 223 Å². The quantitative estimate of drug-likeness (QED) is 0.286. The Bertz CT molecular complexity index is 1570. The number of ether oxygens (including phenoxy) is 2. The maximum absolute atomic E-state index is 12.4. The van der Waals surface area contributed by atoms with Crippen LogP contribution in [0.3, 0.4) is 0 Å². The smallest absolute Gasteiger partial charge is 0.266 e. The largest absolute Gasteiger partial charge is 0.493 e. The van der Waals surface area contributed by atoms with Crippen LogP contribution in [0.4, 0.5) is 10.8 Å². The molecule has 13 heteroatoms. The van der Waals surface area contributed by atoms with E-state index in [0.29, 0.717) is 29.3 Å². The highest BCUT2D eigenvalue weighted by Crippen LogP contribution is 2.31. The van der Waals surface area contributed by atoms with E-state index in [2.05, 4.69) is 20.1 Å². The minimum atomic E-state index is -3.78. The van der Waals surface area contributed by atoms with E-state index in [0.717, 1.165) is 5.56 Å². The molecule has 2 N–H and O–H groups in total. The third-order valence-corrected chi connectivity index (χ3v) is 7.59. The lowest BCUT2D eigenvalue weighted by Gasteiger charge is -2.11. The molecule has 0 bridgehead atoms. The van der Waals surface area contributed by atoms with Crippen LogP contribution in [0.5, 0.6) is 11.5 Å². The average molecular weight is 556 g/mol. The molecule has 2 aromatic heterocycles. The summed E-state index contributed by atoms with van der Waals surface area (Å²) in [5, 5.41) is 9.09. The minimum absolute atomic E-state index is 0.0468. The molecule has 1 amide bonds. The summed E-state index contributed by atoms with van der Waals surface area (Å²) in [6, 6.07) is 14.2. The lowest BCUT2D eigenvalue weighted by molar-refractivity contribution is -0.116. The summed E-state index contributed by atoms with van der Waals surface area (Å²) in [6.07, 6.45) is 2.02. The maximum Gasteiger partial charge on any atom is 0.266 e. The molecule has 0 atom stereocenters. The molecular formula is C25H25N5O6S2. The maximum atomic E-state index is 12.4. The van der Waals surface area contributed by atoms with Gasteiger partial charge in [0.2, 0.25) is 5.91 Å². The van der Waals surface area contributed by atoms with Gasteiger partial charge >= 0.3 is 0 Å². The summed E-state index contributed by atoms with van der Waals surface area (Å²) in [5.74, 6) is 0.854. The third-order valence-electron chi connectivity index (χ3n) is 5.42. The van der Waals surface area contributed by atoms with Crippen LogP contribution in [0.15, 0.2) is 75.9 Å². The normalized spacial score (nSPS) is 11.1. The van der Waals surface area contributed by atoms with Crippen LogP contribution >= 0.6 is 11.3 Å². The van der Waals surface area contributed by atoms with Crippen molar-refractivity contribution in [2.45, 2.75) is 24.3 Å². The number of benzene rings is 2. The van der Waals surface area contributed by atoms with Crippen LogP contribution in [0.25, 0.3) is 11.3 Å². The fourth-order valence-electron chi connectivity index (χ4n) is 3.54. The summed E-state index contributed by atoms with van der Waals surface area (Å²) in [7, 11) is -0.686. The molecule has 4 aromatic rings. The first-order valence-corrected chi connectivity index (χ1v) is 13.8. The van der Waals surface area contributed by atoms with Crippen LogP contribution in [0.2, 0.25) is 0 Å². The average Bonchev–Trinajstić information content (AvgIpc) is 3.42. The Morgan fingerprint density at radius 2 is 1.79 bits per heavy atom. The molecular weight excluding hydrogens is 530 g/mol. The third kappa shape index (κ3) is 6.55. The number of aromatic nitrogens is 3. The second-order valence-corrected chi connectivity index (χ2v) is 10.5. The second kappa shape index (κ2) is 11.9. The molecule has 11 nitrogen and oxygen atoms in total. The van der Waals surface area contributed by atoms with Crippen LogP contribution in [-0.2, 0) is 21.4 Å². The molecule has 198 valence electrons. The van der Waals surface area contributed by atoms with E-state index in [1.807, 2.05) is 6.07 Å². The zero-order valence-electron chi connectivity index (χ0n) is 20.6. The standard InChI is InChI=1S/C25H25N5O6S2/c1-35-21-11-5-17(16-22(21)36-2)20-10-12-24(32)30(28-20)14-3-4-23(31)27-18-6-8-19(9-7-18)38(33,34)29-25-26-13-15-37-25/h5-13,15-16H,3-4,14H2,1-2H3,(H,26,29)(H,27,31). The minimum Gasteiger partial charge on any atom is -0.493 e. The topological polar surface area (TPSA) is 142 Å². The number of methoxy groups -OCH3 is 2. The van der Waals surface area contributed by atoms with E-state index in [9.17, 15) is 18.0 Å². The Hall–Kier alpha value is -4.23. The molecule has 0 spiro atoms. The number of aryl methyl sites for hydroxylation is 1. The molecule has 38 heavy (non-hydrogen) atoms. The number of carbonyl (C=O) groups excluding carboxylic acids is 1.